The minimum atomic E-state index is -3.94. The number of aromatic carboxylic acids is 1. The van der Waals surface area contributed by atoms with Crippen molar-refractivity contribution in [3.63, 3.8) is 0 Å². The number of pyridine rings is 2. The van der Waals surface area contributed by atoms with E-state index in [1.54, 1.807) is 43.3 Å². The molecule has 316 valence electrons. The molecule has 4 heterocycles. The van der Waals surface area contributed by atoms with Gasteiger partial charge in [-0.05, 0) is 65.3 Å². The molecule has 0 aliphatic heterocycles. The summed E-state index contributed by atoms with van der Waals surface area (Å²) in [5.41, 5.74) is 2.14. The second kappa shape index (κ2) is 17.8. The Hall–Kier alpha value is -5.82. The fourth-order valence-corrected chi connectivity index (χ4v) is 7.78. The van der Waals surface area contributed by atoms with Crippen molar-refractivity contribution in [3.8, 4) is 11.6 Å². The molecule has 0 saturated heterocycles. The van der Waals surface area contributed by atoms with Gasteiger partial charge in [0.15, 0.2) is 11.6 Å². The smallest absolute Gasteiger partial charge is 0.341 e. The lowest BCUT2D eigenvalue weighted by molar-refractivity contribution is 0.0525. The maximum atomic E-state index is 13.0. The van der Waals surface area contributed by atoms with Crippen LogP contribution >= 0.6 is 23.2 Å². The Morgan fingerprint density at radius 2 is 1.05 bits per heavy atom. The minimum absolute atomic E-state index is 0.0617. The van der Waals surface area contributed by atoms with Gasteiger partial charge in [0, 0.05) is 24.8 Å². The molecule has 0 aliphatic rings. The van der Waals surface area contributed by atoms with Gasteiger partial charge in [0.25, 0.3) is 20.0 Å². The number of carbonyl (C=O) groups is 2. The van der Waals surface area contributed by atoms with Crippen LogP contribution in [0, 0.1) is 0 Å². The van der Waals surface area contributed by atoms with E-state index in [1.165, 1.54) is 64.6 Å². The summed E-state index contributed by atoms with van der Waals surface area (Å²) < 4.78 is 64.0. The van der Waals surface area contributed by atoms with E-state index < -0.39 is 32.0 Å². The molecular formula is C40H42Cl2N8O8S2. The number of nitrogens with zero attached hydrogens (tertiary/aromatic N) is 6. The molecule has 6 aromatic rings. The van der Waals surface area contributed by atoms with Gasteiger partial charge in [-0.2, -0.15) is 10.2 Å². The topological polar surface area (TPSA) is 217 Å². The zero-order valence-electron chi connectivity index (χ0n) is 33.5. The first kappa shape index (κ1) is 45.3. The molecule has 0 atom stereocenters. The number of halogens is 2. The number of hydrogen-bond acceptors (Lipinski definition) is 11. The number of carbonyl (C=O) groups excluding carboxylic acids is 1. The van der Waals surface area contributed by atoms with Crippen LogP contribution in [-0.2, 0) is 35.6 Å². The third kappa shape index (κ3) is 11.1. The standard InChI is InChI=1S/C21H23ClN4O4S.C19H19ClN4O4S/c1-5-30-20(27)14-11-24-26(13-14)19-18(10-16(22)12-23-19)25-31(28,29)17-8-6-15(7-9-17)21(2,3)4;1-19(2,3)13-4-6-15(7-5-13)29(27,28)23-16-8-14(20)10-21-17(16)24-11-12(9-22-24)18(25)26/h6-13,25H,5H2,1-4H3;4-11,23H,1-3H3,(H,25,26). The van der Waals surface area contributed by atoms with Gasteiger partial charge in [-0.25, -0.2) is 45.8 Å². The second-order valence-corrected chi connectivity index (χ2v) is 19.4. The van der Waals surface area contributed by atoms with Crippen molar-refractivity contribution < 1.29 is 36.3 Å². The van der Waals surface area contributed by atoms with Crippen molar-refractivity contribution in [2.24, 2.45) is 0 Å². The van der Waals surface area contributed by atoms with E-state index in [-0.39, 0.29) is 71.4 Å². The average molecular weight is 898 g/mol. The van der Waals surface area contributed by atoms with Crippen LogP contribution in [0.15, 0.2) is 108 Å². The molecule has 0 fully saturated rings. The molecule has 2 aromatic carbocycles. The number of anilines is 2. The minimum Gasteiger partial charge on any atom is -0.478 e. The summed E-state index contributed by atoms with van der Waals surface area (Å²) in [7, 11) is -7.86. The molecule has 6 rings (SSSR count). The Balaban J connectivity index is 0.000000228. The number of esters is 1. The maximum absolute atomic E-state index is 13.0. The van der Waals surface area contributed by atoms with Crippen LogP contribution in [-0.4, -0.2) is 70.0 Å². The number of aromatic nitrogens is 6. The van der Waals surface area contributed by atoms with Gasteiger partial charge < -0.3 is 9.84 Å². The van der Waals surface area contributed by atoms with Gasteiger partial charge in [0.2, 0.25) is 0 Å². The van der Waals surface area contributed by atoms with Crippen LogP contribution in [0.5, 0.6) is 0 Å². The Morgan fingerprint density at radius 1 is 0.667 bits per heavy atom. The molecule has 60 heavy (non-hydrogen) atoms. The summed E-state index contributed by atoms with van der Waals surface area (Å²) in [5.74, 6) is -1.44. The number of carboxylic acid groups (broad SMARTS) is 1. The average Bonchev–Trinajstić information content (AvgIpc) is 3.86. The number of nitrogens with one attached hydrogen (secondary N) is 2. The zero-order valence-corrected chi connectivity index (χ0v) is 36.7. The van der Waals surface area contributed by atoms with Crippen molar-refractivity contribution in [1.82, 2.24) is 29.5 Å². The van der Waals surface area contributed by atoms with E-state index >= 15 is 0 Å². The van der Waals surface area contributed by atoms with E-state index in [4.69, 9.17) is 33.0 Å². The lowest BCUT2D eigenvalue weighted by atomic mass is 9.87. The largest absolute Gasteiger partial charge is 0.478 e. The highest BCUT2D eigenvalue weighted by Crippen LogP contribution is 2.29. The molecule has 0 unspecified atom stereocenters. The molecule has 0 amide bonds. The molecule has 0 saturated carbocycles. The summed E-state index contributed by atoms with van der Waals surface area (Å²) in [5, 5.41) is 17.5. The predicted molar refractivity (Wildman–Crippen MR) is 228 cm³/mol. The summed E-state index contributed by atoms with van der Waals surface area (Å²) in [4.78, 5) is 31.4. The summed E-state index contributed by atoms with van der Waals surface area (Å²) >= 11 is 12.0. The van der Waals surface area contributed by atoms with Gasteiger partial charge in [0.1, 0.15) is 0 Å². The van der Waals surface area contributed by atoms with E-state index in [2.05, 4.69) is 29.6 Å². The van der Waals surface area contributed by atoms with E-state index in [0.29, 0.717) is 0 Å². The Kier molecular flexibility index (Phi) is 13.4. The van der Waals surface area contributed by atoms with Gasteiger partial charge in [-0.3, -0.25) is 9.44 Å². The molecular weight excluding hydrogens is 856 g/mol. The van der Waals surface area contributed by atoms with Gasteiger partial charge in [-0.15, -0.1) is 0 Å². The molecule has 3 N–H and O–H groups in total. The Bertz CT molecular complexity index is 2740. The fourth-order valence-electron chi connectivity index (χ4n) is 5.36. The summed E-state index contributed by atoms with van der Waals surface area (Å²) in [6.45, 7) is 14.2. The van der Waals surface area contributed by atoms with Crippen LogP contribution in [0.1, 0.15) is 80.3 Å². The summed E-state index contributed by atoms with van der Waals surface area (Å²) in [6, 6.07) is 16.0. The van der Waals surface area contributed by atoms with Gasteiger partial charge in [0.05, 0.1) is 61.3 Å². The number of rotatable bonds is 11. The van der Waals surface area contributed by atoms with E-state index in [0.717, 1.165) is 17.3 Å². The number of benzene rings is 2. The van der Waals surface area contributed by atoms with Crippen molar-refractivity contribution in [3.05, 3.63) is 130 Å². The van der Waals surface area contributed by atoms with E-state index in [1.807, 2.05) is 41.5 Å². The predicted octanol–water partition coefficient (Wildman–Crippen LogP) is 7.91. The molecule has 0 radical (unpaired) electrons. The first-order valence-electron chi connectivity index (χ1n) is 18.1. The van der Waals surface area contributed by atoms with Gasteiger partial charge >= 0.3 is 11.9 Å². The Morgan fingerprint density at radius 3 is 1.40 bits per heavy atom. The SMILES string of the molecule is CC(C)(C)c1ccc(S(=O)(=O)Nc2cc(Cl)cnc2-n2cc(C(=O)O)cn2)cc1.CCOC(=O)c1cnn(-c2ncc(Cl)cc2NS(=O)(=O)c2ccc(C(C)(C)C)cc2)c1. The van der Waals surface area contributed by atoms with Crippen molar-refractivity contribution >= 4 is 66.6 Å². The highest BCUT2D eigenvalue weighted by Gasteiger charge is 2.23. The first-order valence-corrected chi connectivity index (χ1v) is 21.8. The molecule has 4 aromatic heterocycles. The van der Waals surface area contributed by atoms with Crippen molar-refractivity contribution in [1.29, 1.82) is 0 Å². The van der Waals surface area contributed by atoms with E-state index in [9.17, 15) is 26.4 Å². The van der Waals surface area contributed by atoms with Crippen molar-refractivity contribution in [2.45, 2.75) is 69.1 Å². The molecule has 16 nitrogen and oxygen atoms in total. The van der Waals surface area contributed by atoms with Crippen LogP contribution in [0.3, 0.4) is 0 Å². The molecule has 20 heteroatoms. The highest BCUT2D eigenvalue weighted by atomic mass is 35.5. The second-order valence-electron chi connectivity index (χ2n) is 15.2. The highest BCUT2D eigenvalue weighted by molar-refractivity contribution is 7.93. The van der Waals surface area contributed by atoms with Crippen LogP contribution < -0.4 is 9.44 Å². The number of carboxylic acids is 1. The van der Waals surface area contributed by atoms with Crippen LogP contribution in [0.25, 0.3) is 11.6 Å². The normalized spacial score (nSPS) is 11.9. The van der Waals surface area contributed by atoms with Crippen LogP contribution in [0.2, 0.25) is 10.0 Å². The monoisotopic (exact) mass is 896 g/mol. The third-order valence-electron chi connectivity index (χ3n) is 8.57. The zero-order chi connectivity index (χ0) is 44.2. The maximum Gasteiger partial charge on any atom is 0.341 e. The lowest BCUT2D eigenvalue weighted by Gasteiger charge is -2.19. The quantitative estimate of drug-likeness (QED) is 0.106. The lowest BCUT2D eigenvalue weighted by Crippen LogP contribution is -2.16. The third-order valence-corrected chi connectivity index (χ3v) is 11.8. The van der Waals surface area contributed by atoms with Gasteiger partial charge in [-0.1, -0.05) is 89.0 Å². The number of ether oxygens (including phenoxy) is 1. The number of hydrogen-bond donors (Lipinski definition) is 3. The molecule has 0 bridgehead atoms. The molecule has 0 aliphatic carbocycles. The Labute approximate surface area is 357 Å². The first-order chi connectivity index (χ1) is 28.0. The molecule has 0 spiro atoms. The fraction of sp³-hybridized carbons (Fsp3) is 0.250. The number of sulfonamides is 2. The summed E-state index contributed by atoms with van der Waals surface area (Å²) in [6.07, 6.45) is 7.77. The van der Waals surface area contributed by atoms with Crippen LogP contribution in [0.4, 0.5) is 11.4 Å². The van der Waals surface area contributed by atoms with Crippen molar-refractivity contribution in [2.75, 3.05) is 16.1 Å².